The highest BCUT2D eigenvalue weighted by atomic mass is 35.5. The number of aromatic nitrogens is 2. The van der Waals surface area contributed by atoms with Gasteiger partial charge in [0.05, 0.1) is 19.9 Å². The molecule has 1 aromatic carbocycles. The summed E-state index contributed by atoms with van der Waals surface area (Å²) in [6, 6.07) is 5.29. The highest BCUT2D eigenvalue weighted by Gasteiger charge is 2.15. The van der Waals surface area contributed by atoms with Gasteiger partial charge in [-0.05, 0) is 18.2 Å². The van der Waals surface area contributed by atoms with Gasteiger partial charge in [-0.3, -0.25) is 0 Å². The molecule has 0 saturated carbocycles. The fourth-order valence-corrected chi connectivity index (χ4v) is 1.94. The predicted octanol–water partition coefficient (Wildman–Crippen LogP) is 2.40. The molecule has 6 heteroatoms. The quantitative estimate of drug-likeness (QED) is 0.923. The van der Waals surface area contributed by atoms with E-state index in [2.05, 4.69) is 9.97 Å². The van der Waals surface area contributed by atoms with Crippen LogP contribution in [0.4, 0.5) is 5.95 Å². The maximum absolute atomic E-state index is 6.18. The van der Waals surface area contributed by atoms with Crippen molar-refractivity contribution < 1.29 is 9.47 Å². The Kier molecular flexibility index (Phi) is 3.53. The maximum atomic E-state index is 6.18. The van der Waals surface area contributed by atoms with Crippen LogP contribution in [0.2, 0.25) is 5.02 Å². The van der Waals surface area contributed by atoms with E-state index in [0.29, 0.717) is 22.2 Å². The lowest BCUT2D eigenvalue weighted by Gasteiger charge is -2.12. The third-order valence-electron chi connectivity index (χ3n) is 2.44. The normalized spacial score (nSPS) is 10.2. The van der Waals surface area contributed by atoms with Crippen LogP contribution in [-0.4, -0.2) is 24.2 Å². The SMILES string of the molecule is COc1ccc(-c2ccnc(N)n2)c(OC)c1Cl. The van der Waals surface area contributed by atoms with Gasteiger partial charge in [0.25, 0.3) is 0 Å². The Labute approximate surface area is 110 Å². The van der Waals surface area contributed by atoms with Gasteiger partial charge in [0.1, 0.15) is 10.8 Å². The van der Waals surface area contributed by atoms with Crippen LogP contribution < -0.4 is 15.2 Å². The smallest absolute Gasteiger partial charge is 0.220 e. The van der Waals surface area contributed by atoms with Gasteiger partial charge in [-0.15, -0.1) is 0 Å². The van der Waals surface area contributed by atoms with E-state index in [1.165, 1.54) is 7.11 Å². The van der Waals surface area contributed by atoms with E-state index in [-0.39, 0.29) is 5.95 Å². The van der Waals surface area contributed by atoms with E-state index in [1.807, 2.05) is 6.07 Å². The topological polar surface area (TPSA) is 70.3 Å². The Morgan fingerprint density at radius 1 is 1.17 bits per heavy atom. The Bertz CT molecular complexity index is 575. The summed E-state index contributed by atoms with van der Waals surface area (Å²) < 4.78 is 10.4. The maximum Gasteiger partial charge on any atom is 0.220 e. The van der Waals surface area contributed by atoms with E-state index < -0.39 is 0 Å². The van der Waals surface area contributed by atoms with Gasteiger partial charge in [0.15, 0.2) is 5.75 Å². The Hall–Kier alpha value is -2.01. The fourth-order valence-electron chi connectivity index (χ4n) is 1.62. The molecular formula is C12H12ClN3O2. The lowest BCUT2D eigenvalue weighted by atomic mass is 10.1. The van der Waals surface area contributed by atoms with E-state index >= 15 is 0 Å². The third kappa shape index (κ3) is 2.17. The molecule has 0 spiro atoms. The number of hydrogen-bond donors (Lipinski definition) is 1. The highest BCUT2D eigenvalue weighted by Crippen LogP contribution is 2.41. The predicted molar refractivity (Wildman–Crippen MR) is 70.0 cm³/mol. The summed E-state index contributed by atoms with van der Waals surface area (Å²) in [5, 5.41) is 0.398. The summed E-state index contributed by atoms with van der Waals surface area (Å²) >= 11 is 6.18. The lowest BCUT2D eigenvalue weighted by Crippen LogP contribution is -1.97. The molecule has 0 saturated heterocycles. The van der Waals surface area contributed by atoms with E-state index in [0.717, 1.165) is 5.56 Å². The first-order valence-electron chi connectivity index (χ1n) is 5.16. The van der Waals surface area contributed by atoms with Gasteiger partial charge in [-0.2, -0.15) is 0 Å². The van der Waals surface area contributed by atoms with E-state index in [4.69, 9.17) is 26.8 Å². The second kappa shape index (κ2) is 5.10. The van der Waals surface area contributed by atoms with Crippen LogP contribution in [0, 0.1) is 0 Å². The van der Waals surface area contributed by atoms with Crippen LogP contribution in [0.3, 0.4) is 0 Å². The molecule has 2 aromatic rings. The molecule has 0 bridgehead atoms. The molecule has 0 aliphatic heterocycles. The third-order valence-corrected chi connectivity index (χ3v) is 2.79. The minimum atomic E-state index is 0.196. The number of nitrogen functional groups attached to an aromatic ring is 1. The average molecular weight is 266 g/mol. The summed E-state index contributed by atoms with van der Waals surface area (Å²) in [5.74, 6) is 1.23. The van der Waals surface area contributed by atoms with Crippen molar-refractivity contribution in [1.29, 1.82) is 0 Å². The summed E-state index contributed by atoms with van der Waals surface area (Å²) in [6.45, 7) is 0. The van der Waals surface area contributed by atoms with Gasteiger partial charge in [-0.1, -0.05) is 11.6 Å². The van der Waals surface area contributed by atoms with Crippen molar-refractivity contribution in [1.82, 2.24) is 9.97 Å². The number of halogens is 1. The van der Waals surface area contributed by atoms with Crippen molar-refractivity contribution in [3.63, 3.8) is 0 Å². The van der Waals surface area contributed by atoms with E-state index in [1.54, 1.807) is 25.4 Å². The van der Waals surface area contributed by atoms with Crippen LogP contribution in [0.25, 0.3) is 11.3 Å². The molecule has 0 unspecified atom stereocenters. The highest BCUT2D eigenvalue weighted by molar-refractivity contribution is 6.34. The number of rotatable bonds is 3. The van der Waals surface area contributed by atoms with Gasteiger partial charge < -0.3 is 15.2 Å². The Morgan fingerprint density at radius 2 is 1.94 bits per heavy atom. The molecular weight excluding hydrogens is 254 g/mol. The number of nitrogens with zero attached hydrogens (tertiary/aromatic N) is 2. The summed E-state index contributed by atoms with van der Waals surface area (Å²) in [5.41, 5.74) is 6.94. The first kappa shape index (κ1) is 12.4. The van der Waals surface area contributed by atoms with Crippen molar-refractivity contribution >= 4 is 17.5 Å². The first-order chi connectivity index (χ1) is 8.67. The van der Waals surface area contributed by atoms with Gasteiger partial charge >= 0.3 is 0 Å². The second-order valence-electron chi connectivity index (χ2n) is 3.46. The molecule has 1 heterocycles. The molecule has 5 nitrogen and oxygen atoms in total. The molecule has 94 valence electrons. The molecule has 0 radical (unpaired) electrons. The monoisotopic (exact) mass is 265 g/mol. The van der Waals surface area contributed by atoms with Crippen molar-refractivity contribution in [2.45, 2.75) is 0 Å². The largest absolute Gasteiger partial charge is 0.495 e. The standard InChI is InChI=1S/C12H12ClN3O2/c1-17-9-4-3-7(11(18-2)10(9)13)8-5-6-15-12(14)16-8/h3-6H,1-2H3,(H2,14,15,16). The number of nitrogens with two attached hydrogens (primary N) is 1. The molecule has 2 rings (SSSR count). The van der Waals surface area contributed by atoms with Crippen molar-refractivity contribution in [2.75, 3.05) is 20.0 Å². The zero-order chi connectivity index (χ0) is 13.1. The van der Waals surface area contributed by atoms with Gasteiger partial charge in [-0.25, -0.2) is 9.97 Å². The van der Waals surface area contributed by atoms with Crippen LogP contribution in [0.15, 0.2) is 24.4 Å². The Morgan fingerprint density at radius 3 is 2.56 bits per heavy atom. The zero-order valence-electron chi connectivity index (χ0n) is 9.98. The average Bonchev–Trinajstić information content (AvgIpc) is 2.38. The van der Waals surface area contributed by atoms with Crippen molar-refractivity contribution in [3.8, 4) is 22.8 Å². The molecule has 0 amide bonds. The summed E-state index contributed by atoms with van der Waals surface area (Å²) in [7, 11) is 3.08. The van der Waals surface area contributed by atoms with Crippen LogP contribution in [0.1, 0.15) is 0 Å². The molecule has 0 atom stereocenters. The number of hydrogen-bond acceptors (Lipinski definition) is 5. The van der Waals surface area contributed by atoms with Crippen LogP contribution >= 0.6 is 11.6 Å². The van der Waals surface area contributed by atoms with Crippen LogP contribution in [-0.2, 0) is 0 Å². The van der Waals surface area contributed by atoms with Crippen molar-refractivity contribution in [3.05, 3.63) is 29.4 Å². The van der Waals surface area contributed by atoms with Gasteiger partial charge in [0.2, 0.25) is 5.95 Å². The number of anilines is 1. The molecule has 1 aromatic heterocycles. The zero-order valence-corrected chi connectivity index (χ0v) is 10.7. The minimum absolute atomic E-state index is 0.196. The fraction of sp³-hybridized carbons (Fsp3) is 0.167. The number of methoxy groups -OCH3 is 2. The minimum Gasteiger partial charge on any atom is -0.495 e. The second-order valence-corrected chi connectivity index (χ2v) is 3.84. The van der Waals surface area contributed by atoms with Gasteiger partial charge in [0, 0.05) is 11.8 Å². The number of ether oxygens (including phenoxy) is 2. The van der Waals surface area contributed by atoms with E-state index in [9.17, 15) is 0 Å². The van der Waals surface area contributed by atoms with Crippen LogP contribution in [0.5, 0.6) is 11.5 Å². The summed E-state index contributed by atoms with van der Waals surface area (Å²) in [6.07, 6.45) is 1.58. The van der Waals surface area contributed by atoms with Crippen molar-refractivity contribution in [2.24, 2.45) is 0 Å². The molecule has 0 fully saturated rings. The molecule has 0 aliphatic carbocycles. The molecule has 18 heavy (non-hydrogen) atoms. The molecule has 2 N–H and O–H groups in total. The Balaban J connectivity index is 2.61. The molecule has 0 aliphatic rings. The summed E-state index contributed by atoms with van der Waals surface area (Å²) in [4.78, 5) is 7.98. The first-order valence-corrected chi connectivity index (χ1v) is 5.54. The number of benzene rings is 1. The lowest BCUT2D eigenvalue weighted by molar-refractivity contribution is 0.396.